The zero-order valence-electron chi connectivity index (χ0n) is 12.5. The molecule has 0 aliphatic carbocycles. The largest absolute Gasteiger partial charge is 0.387 e. The summed E-state index contributed by atoms with van der Waals surface area (Å²) in [4.78, 5) is 2.42. The van der Waals surface area contributed by atoms with Crippen molar-refractivity contribution >= 4 is 0 Å². The van der Waals surface area contributed by atoms with E-state index in [1.165, 1.54) is 0 Å². The average Bonchev–Trinajstić information content (AvgIpc) is 2.47. The topological polar surface area (TPSA) is 35.5 Å². The molecule has 0 aliphatic heterocycles. The van der Waals surface area contributed by atoms with Crippen molar-refractivity contribution < 1.29 is 5.11 Å². The number of nitrogens with one attached hydrogen (secondary N) is 1. The van der Waals surface area contributed by atoms with Crippen LogP contribution in [0.2, 0.25) is 0 Å². The second-order valence-electron chi connectivity index (χ2n) is 4.98. The van der Waals surface area contributed by atoms with Crippen LogP contribution in [0.25, 0.3) is 0 Å². The number of aliphatic hydroxyl groups is 1. The minimum atomic E-state index is -0.436. The van der Waals surface area contributed by atoms with E-state index < -0.39 is 6.10 Å². The zero-order valence-corrected chi connectivity index (χ0v) is 12.5. The van der Waals surface area contributed by atoms with E-state index in [1.807, 2.05) is 37.3 Å². The van der Waals surface area contributed by atoms with Gasteiger partial charge < -0.3 is 15.3 Å². The van der Waals surface area contributed by atoms with Crippen LogP contribution in [0.1, 0.15) is 38.9 Å². The number of rotatable bonds is 9. The highest BCUT2D eigenvalue weighted by Crippen LogP contribution is 2.15. The molecule has 19 heavy (non-hydrogen) atoms. The van der Waals surface area contributed by atoms with Crippen molar-refractivity contribution in [3.63, 3.8) is 0 Å². The van der Waals surface area contributed by atoms with Gasteiger partial charge in [-0.05, 0) is 45.1 Å². The molecule has 2 unspecified atom stereocenters. The molecule has 0 aliphatic rings. The van der Waals surface area contributed by atoms with Gasteiger partial charge in [-0.3, -0.25) is 0 Å². The van der Waals surface area contributed by atoms with Crippen LogP contribution in [-0.4, -0.2) is 42.2 Å². The Hall–Kier alpha value is -0.900. The molecule has 108 valence electrons. The molecular formula is C16H28N2O. The summed E-state index contributed by atoms with van der Waals surface area (Å²) in [7, 11) is 0. The first-order valence-electron chi connectivity index (χ1n) is 7.37. The number of hydrogen-bond acceptors (Lipinski definition) is 3. The molecule has 1 aromatic rings. The maximum Gasteiger partial charge on any atom is 0.0940 e. The van der Waals surface area contributed by atoms with E-state index in [2.05, 4.69) is 24.1 Å². The van der Waals surface area contributed by atoms with Crippen molar-refractivity contribution in [1.82, 2.24) is 10.2 Å². The first-order valence-corrected chi connectivity index (χ1v) is 7.37. The van der Waals surface area contributed by atoms with Crippen LogP contribution in [0.4, 0.5) is 0 Å². The summed E-state index contributed by atoms with van der Waals surface area (Å²) >= 11 is 0. The van der Waals surface area contributed by atoms with Gasteiger partial charge in [-0.15, -0.1) is 0 Å². The van der Waals surface area contributed by atoms with Crippen LogP contribution in [0.3, 0.4) is 0 Å². The normalized spacial score (nSPS) is 14.6. The molecular weight excluding hydrogens is 236 g/mol. The summed E-state index contributed by atoms with van der Waals surface area (Å²) in [5.74, 6) is 0. The van der Waals surface area contributed by atoms with Gasteiger partial charge in [-0.25, -0.2) is 0 Å². The lowest BCUT2D eigenvalue weighted by Crippen LogP contribution is -2.34. The molecule has 1 rings (SSSR count). The van der Waals surface area contributed by atoms with Crippen LogP contribution < -0.4 is 5.32 Å². The molecule has 3 nitrogen and oxygen atoms in total. The van der Waals surface area contributed by atoms with Gasteiger partial charge in [0.05, 0.1) is 6.10 Å². The number of aliphatic hydroxyl groups excluding tert-OH is 1. The average molecular weight is 264 g/mol. The third kappa shape index (κ3) is 5.72. The van der Waals surface area contributed by atoms with Crippen molar-refractivity contribution in [2.45, 2.75) is 39.3 Å². The number of nitrogens with zero attached hydrogens (tertiary/aromatic N) is 1. The molecule has 0 aromatic heterocycles. The second-order valence-corrected chi connectivity index (χ2v) is 4.98. The highest BCUT2D eigenvalue weighted by atomic mass is 16.3. The van der Waals surface area contributed by atoms with Crippen LogP contribution in [0, 0.1) is 0 Å². The lowest BCUT2D eigenvalue weighted by Gasteiger charge is -2.22. The number of hydrogen-bond donors (Lipinski definition) is 2. The molecule has 3 heteroatoms. The Bertz CT molecular complexity index is 325. The minimum Gasteiger partial charge on any atom is -0.387 e. The summed E-state index contributed by atoms with van der Waals surface area (Å²) < 4.78 is 0. The van der Waals surface area contributed by atoms with E-state index in [0.717, 1.165) is 38.2 Å². The van der Waals surface area contributed by atoms with Crippen LogP contribution in [0.5, 0.6) is 0 Å². The van der Waals surface area contributed by atoms with Crippen LogP contribution in [0.15, 0.2) is 30.3 Å². The van der Waals surface area contributed by atoms with E-state index in [0.29, 0.717) is 0 Å². The molecule has 1 aromatic carbocycles. The highest BCUT2D eigenvalue weighted by molar-refractivity contribution is 5.18. The lowest BCUT2D eigenvalue weighted by molar-refractivity contribution is 0.135. The first kappa shape index (κ1) is 16.2. The predicted molar refractivity (Wildman–Crippen MR) is 81.3 cm³/mol. The summed E-state index contributed by atoms with van der Waals surface area (Å²) in [5.41, 5.74) is 0.978. The SMILES string of the molecule is CCN(CC)CCCNC(C)C(O)c1ccccc1. The van der Waals surface area contributed by atoms with Crippen molar-refractivity contribution in [2.24, 2.45) is 0 Å². The fraction of sp³-hybridized carbons (Fsp3) is 0.625. The monoisotopic (exact) mass is 264 g/mol. The van der Waals surface area contributed by atoms with Crippen molar-refractivity contribution in [1.29, 1.82) is 0 Å². The Morgan fingerprint density at radius 2 is 1.79 bits per heavy atom. The maximum atomic E-state index is 10.2. The van der Waals surface area contributed by atoms with E-state index in [-0.39, 0.29) is 6.04 Å². The van der Waals surface area contributed by atoms with Gasteiger partial charge in [0.1, 0.15) is 0 Å². The number of benzene rings is 1. The summed E-state index contributed by atoms with van der Waals surface area (Å²) in [5, 5.41) is 13.6. The Labute approximate surface area is 117 Å². The van der Waals surface area contributed by atoms with E-state index in [1.54, 1.807) is 0 Å². The van der Waals surface area contributed by atoms with Crippen molar-refractivity contribution in [2.75, 3.05) is 26.2 Å². The second kappa shape index (κ2) is 9.08. The minimum absolute atomic E-state index is 0.0825. The predicted octanol–water partition coefficient (Wildman–Crippen LogP) is 2.43. The molecule has 0 fully saturated rings. The van der Waals surface area contributed by atoms with Gasteiger partial charge in [0.15, 0.2) is 0 Å². The Balaban J connectivity index is 2.26. The fourth-order valence-corrected chi connectivity index (χ4v) is 2.22. The molecule has 0 bridgehead atoms. The van der Waals surface area contributed by atoms with E-state index in [4.69, 9.17) is 0 Å². The van der Waals surface area contributed by atoms with Crippen molar-refractivity contribution in [3.8, 4) is 0 Å². The van der Waals surface area contributed by atoms with Gasteiger partial charge in [-0.2, -0.15) is 0 Å². The standard InChI is InChI=1S/C16H28N2O/c1-4-18(5-2)13-9-12-17-14(3)16(19)15-10-7-6-8-11-15/h6-8,10-11,14,16-17,19H,4-5,9,12-13H2,1-3H3. The molecule has 0 amide bonds. The zero-order chi connectivity index (χ0) is 14.1. The third-order valence-corrected chi connectivity index (χ3v) is 3.63. The van der Waals surface area contributed by atoms with Gasteiger partial charge in [0.25, 0.3) is 0 Å². The Morgan fingerprint density at radius 3 is 2.37 bits per heavy atom. The molecule has 0 radical (unpaired) electrons. The van der Waals surface area contributed by atoms with Gasteiger partial charge >= 0.3 is 0 Å². The highest BCUT2D eigenvalue weighted by Gasteiger charge is 2.14. The van der Waals surface area contributed by atoms with E-state index >= 15 is 0 Å². The third-order valence-electron chi connectivity index (χ3n) is 3.63. The smallest absolute Gasteiger partial charge is 0.0940 e. The fourth-order valence-electron chi connectivity index (χ4n) is 2.22. The van der Waals surface area contributed by atoms with Gasteiger partial charge in [0.2, 0.25) is 0 Å². The first-order chi connectivity index (χ1) is 9.19. The Morgan fingerprint density at radius 1 is 1.16 bits per heavy atom. The molecule has 2 atom stereocenters. The molecule has 0 saturated heterocycles. The maximum absolute atomic E-state index is 10.2. The summed E-state index contributed by atoms with van der Waals surface area (Å²) in [6, 6.07) is 9.92. The summed E-state index contributed by atoms with van der Waals surface area (Å²) in [6.07, 6.45) is 0.683. The quantitative estimate of drug-likeness (QED) is 0.672. The molecule has 0 saturated carbocycles. The summed E-state index contributed by atoms with van der Waals surface area (Å²) in [6.45, 7) is 10.7. The molecule has 0 spiro atoms. The lowest BCUT2D eigenvalue weighted by atomic mass is 10.0. The van der Waals surface area contributed by atoms with Crippen LogP contribution in [-0.2, 0) is 0 Å². The molecule has 2 N–H and O–H groups in total. The van der Waals surface area contributed by atoms with E-state index in [9.17, 15) is 5.11 Å². The van der Waals surface area contributed by atoms with Crippen molar-refractivity contribution in [3.05, 3.63) is 35.9 Å². The Kier molecular flexibility index (Phi) is 7.72. The van der Waals surface area contributed by atoms with Gasteiger partial charge in [0, 0.05) is 6.04 Å². The van der Waals surface area contributed by atoms with Gasteiger partial charge in [-0.1, -0.05) is 44.2 Å². The van der Waals surface area contributed by atoms with Crippen LogP contribution >= 0.6 is 0 Å². The molecule has 0 heterocycles.